The summed E-state index contributed by atoms with van der Waals surface area (Å²) in [6.07, 6.45) is -0.0868. The second kappa shape index (κ2) is 10.5. The Hall–Kier alpha value is -3.20. The molecule has 1 saturated heterocycles. The highest BCUT2D eigenvalue weighted by atomic mass is 19.3. The third-order valence-electron chi connectivity index (χ3n) is 4.39. The van der Waals surface area contributed by atoms with E-state index in [4.69, 9.17) is 9.47 Å². The minimum absolute atomic E-state index is 0.00105. The van der Waals surface area contributed by atoms with Crippen molar-refractivity contribution in [3.63, 3.8) is 0 Å². The Balaban J connectivity index is 1.41. The van der Waals surface area contributed by atoms with Crippen molar-refractivity contribution in [1.29, 1.82) is 0 Å². The molecule has 1 heterocycles. The first-order valence-corrected chi connectivity index (χ1v) is 9.41. The number of benzene rings is 2. The van der Waals surface area contributed by atoms with Gasteiger partial charge < -0.3 is 24.4 Å². The molecule has 7 nitrogen and oxygen atoms in total. The fraction of sp³-hybridized carbons (Fsp3) is 0.333. The Morgan fingerprint density at radius 1 is 1.03 bits per heavy atom. The fourth-order valence-corrected chi connectivity index (χ4v) is 2.93. The Kier molecular flexibility index (Phi) is 7.56. The molecule has 1 aliphatic rings. The maximum Gasteiger partial charge on any atom is 0.387 e. The summed E-state index contributed by atoms with van der Waals surface area (Å²) in [6, 6.07) is 13.0. The maximum atomic E-state index is 12.1. The molecule has 2 aromatic rings. The number of hydrogen-bond acceptors (Lipinski definition) is 6. The summed E-state index contributed by atoms with van der Waals surface area (Å²) in [6.45, 7) is -0.298. The predicted molar refractivity (Wildman–Crippen MR) is 106 cm³/mol. The molecule has 2 aromatic carbocycles. The number of nitrogens with zero attached hydrogens (tertiary/aromatic N) is 1. The summed E-state index contributed by atoms with van der Waals surface area (Å²) >= 11 is 0. The van der Waals surface area contributed by atoms with Crippen LogP contribution in [0.4, 0.5) is 20.2 Å². The van der Waals surface area contributed by atoms with Crippen LogP contribution in [0.3, 0.4) is 0 Å². The summed E-state index contributed by atoms with van der Waals surface area (Å²) in [7, 11) is 0. The molecule has 0 spiro atoms. The highest BCUT2D eigenvalue weighted by Crippen LogP contribution is 2.19. The molecule has 9 heteroatoms. The number of morpholine rings is 1. The molecule has 3 rings (SSSR count). The van der Waals surface area contributed by atoms with Crippen LogP contribution < -0.4 is 15.0 Å². The number of rotatable bonds is 8. The van der Waals surface area contributed by atoms with Crippen LogP contribution >= 0.6 is 0 Å². The van der Waals surface area contributed by atoms with Gasteiger partial charge in [-0.2, -0.15) is 8.78 Å². The first-order valence-electron chi connectivity index (χ1n) is 9.41. The monoisotopic (exact) mass is 420 g/mol. The lowest BCUT2D eigenvalue weighted by atomic mass is 10.1. The van der Waals surface area contributed by atoms with E-state index in [0.717, 1.165) is 18.8 Å². The molecule has 1 N–H and O–H groups in total. The number of esters is 1. The summed E-state index contributed by atoms with van der Waals surface area (Å²) in [5.41, 5.74) is 2.20. The van der Waals surface area contributed by atoms with E-state index in [9.17, 15) is 18.4 Å². The number of carbonyl (C=O) groups excluding carboxylic acids is 2. The molecule has 0 radical (unpaired) electrons. The lowest BCUT2D eigenvalue weighted by Gasteiger charge is -2.28. The molecule has 0 aliphatic carbocycles. The number of hydrogen-bond donors (Lipinski definition) is 1. The molecule has 1 aliphatic heterocycles. The van der Waals surface area contributed by atoms with Crippen molar-refractivity contribution >= 4 is 23.3 Å². The molecule has 1 fully saturated rings. The van der Waals surface area contributed by atoms with Gasteiger partial charge in [0.2, 0.25) is 0 Å². The van der Waals surface area contributed by atoms with Gasteiger partial charge in [0.15, 0.2) is 6.61 Å². The minimum Gasteiger partial charge on any atom is -0.455 e. The zero-order chi connectivity index (χ0) is 21.3. The number of anilines is 2. The van der Waals surface area contributed by atoms with Crippen LogP contribution in [-0.4, -0.2) is 51.4 Å². The van der Waals surface area contributed by atoms with Gasteiger partial charge in [-0.05, 0) is 42.0 Å². The molecule has 0 saturated carbocycles. The van der Waals surface area contributed by atoms with Gasteiger partial charge in [-0.1, -0.05) is 12.1 Å². The van der Waals surface area contributed by atoms with Crippen LogP contribution in [0.5, 0.6) is 5.75 Å². The zero-order valence-electron chi connectivity index (χ0n) is 16.2. The third-order valence-corrected chi connectivity index (χ3v) is 4.39. The summed E-state index contributed by atoms with van der Waals surface area (Å²) in [5, 5.41) is 2.67. The number of carbonyl (C=O) groups is 2. The van der Waals surface area contributed by atoms with Crippen molar-refractivity contribution in [2.24, 2.45) is 0 Å². The first kappa shape index (κ1) is 21.5. The molecule has 160 valence electrons. The largest absolute Gasteiger partial charge is 0.455 e. The highest BCUT2D eigenvalue weighted by Gasteiger charge is 2.12. The number of halogens is 2. The van der Waals surface area contributed by atoms with Gasteiger partial charge in [0, 0.05) is 24.5 Å². The Labute approximate surface area is 172 Å². The maximum absolute atomic E-state index is 12.1. The lowest BCUT2D eigenvalue weighted by molar-refractivity contribution is -0.146. The van der Waals surface area contributed by atoms with Gasteiger partial charge in [-0.25, -0.2) is 0 Å². The molecular formula is C21H22F2N2O5. The molecule has 30 heavy (non-hydrogen) atoms. The Morgan fingerprint density at radius 3 is 2.33 bits per heavy atom. The predicted octanol–water partition coefficient (Wildman–Crippen LogP) is 2.85. The van der Waals surface area contributed by atoms with E-state index in [1.807, 2.05) is 12.1 Å². The van der Waals surface area contributed by atoms with Crippen LogP contribution in [0, 0.1) is 0 Å². The average molecular weight is 420 g/mol. The van der Waals surface area contributed by atoms with E-state index in [1.54, 1.807) is 12.1 Å². The number of nitrogens with one attached hydrogen (secondary N) is 1. The second-order valence-corrected chi connectivity index (χ2v) is 6.55. The van der Waals surface area contributed by atoms with E-state index in [1.165, 1.54) is 24.3 Å². The van der Waals surface area contributed by atoms with Crippen molar-refractivity contribution in [3.8, 4) is 5.75 Å². The quantitative estimate of drug-likeness (QED) is 0.662. The van der Waals surface area contributed by atoms with Crippen molar-refractivity contribution in [2.75, 3.05) is 43.1 Å². The molecule has 0 bridgehead atoms. The standard InChI is InChI=1S/C21H22F2N2O5/c22-21(23)30-18-7-1-15(2-8-18)13-20(27)29-14-19(26)24-16-3-5-17(6-4-16)25-9-11-28-12-10-25/h1-8,21H,9-14H2,(H,24,26). The molecule has 0 aromatic heterocycles. The normalized spacial score (nSPS) is 13.8. The smallest absolute Gasteiger partial charge is 0.387 e. The van der Waals surface area contributed by atoms with Crippen molar-refractivity contribution < 1.29 is 32.6 Å². The lowest BCUT2D eigenvalue weighted by Crippen LogP contribution is -2.36. The van der Waals surface area contributed by atoms with E-state index in [2.05, 4.69) is 15.0 Å². The van der Waals surface area contributed by atoms with Crippen molar-refractivity contribution in [3.05, 3.63) is 54.1 Å². The Morgan fingerprint density at radius 2 is 1.70 bits per heavy atom. The number of ether oxygens (including phenoxy) is 3. The summed E-state index contributed by atoms with van der Waals surface area (Å²) in [5.74, 6) is -1.06. The SMILES string of the molecule is O=C(COC(=O)Cc1ccc(OC(F)F)cc1)Nc1ccc(N2CCOCC2)cc1. The molecule has 1 amide bonds. The summed E-state index contributed by atoms with van der Waals surface area (Å²) in [4.78, 5) is 26.1. The topological polar surface area (TPSA) is 77.1 Å². The molecular weight excluding hydrogens is 398 g/mol. The second-order valence-electron chi connectivity index (χ2n) is 6.55. The number of alkyl halides is 2. The van der Waals surface area contributed by atoms with Gasteiger partial charge >= 0.3 is 12.6 Å². The van der Waals surface area contributed by atoms with Gasteiger partial charge in [0.1, 0.15) is 5.75 Å². The van der Waals surface area contributed by atoms with E-state index in [0.29, 0.717) is 24.5 Å². The third kappa shape index (κ3) is 6.70. The molecule has 0 unspecified atom stereocenters. The van der Waals surface area contributed by atoms with Crippen molar-refractivity contribution in [1.82, 2.24) is 0 Å². The Bertz CT molecular complexity index is 837. The zero-order valence-corrected chi connectivity index (χ0v) is 16.2. The van der Waals surface area contributed by atoms with Crippen molar-refractivity contribution in [2.45, 2.75) is 13.0 Å². The van der Waals surface area contributed by atoms with Gasteiger partial charge in [0.05, 0.1) is 19.6 Å². The van der Waals surface area contributed by atoms with Gasteiger partial charge in [-0.15, -0.1) is 0 Å². The van der Waals surface area contributed by atoms with E-state index >= 15 is 0 Å². The summed E-state index contributed by atoms with van der Waals surface area (Å²) < 4.78 is 38.8. The van der Waals surface area contributed by atoms with Crippen LogP contribution in [0.1, 0.15) is 5.56 Å². The minimum atomic E-state index is -2.91. The fourth-order valence-electron chi connectivity index (χ4n) is 2.93. The van der Waals surface area contributed by atoms with Crippen LogP contribution in [-0.2, 0) is 25.5 Å². The molecule has 0 atom stereocenters. The van der Waals surface area contributed by atoms with E-state index < -0.39 is 25.1 Å². The van der Waals surface area contributed by atoms with Gasteiger partial charge in [0.25, 0.3) is 5.91 Å². The van der Waals surface area contributed by atoms with Crippen LogP contribution in [0.2, 0.25) is 0 Å². The average Bonchev–Trinajstić information content (AvgIpc) is 2.74. The highest BCUT2D eigenvalue weighted by molar-refractivity contribution is 5.93. The van der Waals surface area contributed by atoms with Gasteiger partial charge in [-0.3, -0.25) is 9.59 Å². The van der Waals surface area contributed by atoms with Crippen LogP contribution in [0.15, 0.2) is 48.5 Å². The first-order chi connectivity index (χ1) is 14.5. The van der Waals surface area contributed by atoms with Crippen LogP contribution in [0.25, 0.3) is 0 Å². The number of amides is 1. The van der Waals surface area contributed by atoms with E-state index in [-0.39, 0.29) is 12.2 Å².